The number of aromatic nitrogens is 4. The van der Waals surface area contributed by atoms with Crippen molar-refractivity contribution in [3.63, 3.8) is 0 Å². The second kappa shape index (κ2) is 5.88. The monoisotopic (exact) mass is 333 g/mol. The van der Waals surface area contributed by atoms with Crippen LogP contribution in [0.3, 0.4) is 0 Å². The third-order valence-corrected chi connectivity index (χ3v) is 5.14. The molecule has 1 aromatic carbocycles. The van der Waals surface area contributed by atoms with E-state index in [0.717, 1.165) is 45.7 Å². The SMILES string of the molecule is c1cnc2c(Nc3ccc4c(CCC5CCC5)noc4c3)n[nH]c2c1. The van der Waals surface area contributed by atoms with Crippen molar-refractivity contribution in [2.45, 2.75) is 32.1 Å². The number of anilines is 2. The Bertz CT molecular complexity index is 1030. The third kappa shape index (κ3) is 2.63. The first-order chi connectivity index (χ1) is 12.4. The highest BCUT2D eigenvalue weighted by Gasteiger charge is 2.18. The summed E-state index contributed by atoms with van der Waals surface area (Å²) < 4.78 is 5.55. The Labute approximate surface area is 144 Å². The first-order valence-electron chi connectivity index (χ1n) is 8.81. The molecule has 0 aliphatic heterocycles. The summed E-state index contributed by atoms with van der Waals surface area (Å²) in [5, 5.41) is 16.0. The van der Waals surface area contributed by atoms with Gasteiger partial charge in [-0.15, -0.1) is 0 Å². The number of fused-ring (bicyclic) bond motifs is 2. The number of aromatic amines is 1. The van der Waals surface area contributed by atoms with Crippen LogP contribution in [0.1, 0.15) is 31.4 Å². The molecular weight excluding hydrogens is 314 g/mol. The summed E-state index contributed by atoms with van der Waals surface area (Å²) in [4.78, 5) is 4.37. The summed E-state index contributed by atoms with van der Waals surface area (Å²) in [7, 11) is 0. The lowest BCUT2D eigenvalue weighted by molar-refractivity contribution is 0.294. The van der Waals surface area contributed by atoms with Crippen LogP contribution in [0.2, 0.25) is 0 Å². The Kier molecular flexibility index (Phi) is 3.40. The lowest BCUT2D eigenvalue weighted by Crippen LogP contribution is -2.11. The van der Waals surface area contributed by atoms with Gasteiger partial charge in [-0.3, -0.25) is 10.1 Å². The molecule has 1 aliphatic carbocycles. The van der Waals surface area contributed by atoms with E-state index >= 15 is 0 Å². The molecule has 1 aliphatic rings. The molecule has 5 rings (SSSR count). The summed E-state index contributed by atoms with van der Waals surface area (Å²) in [6.45, 7) is 0. The van der Waals surface area contributed by atoms with E-state index in [1.165, 1.54) is 25.7 Å². The number of benzene rings is 1. The minimum Gasteiger partial charge on any atom is -0.356 e. The molecule has 0 amide bonds. The second-order valence-corrected chi connectivity index (χ2v) is 6.77. The predicted molar refractivity (Wildman–Crippen MR) is 96.8 cm³/mol. The number of hydrogen-bond acceptors (Lipinski definition) is 5. The van der Waals surface area contributed by atoms with E-state index in [1.54, 1.807) is 6.20 Å². The number of H-pyrrole nitrogens is 1. The van der Waals surface area contributed by atoms with Crippen molar-refractivity contribution in [2.24, 2.45) is 5.92 Å². The van der Waals surface area contributed by atoms with Gasteiger partial charge < -0.3 is 9.84 Å². The van der Waals surface area contributed by atoms with E-state index < -0.39 is 0 Å². The van der Waals surface area contributed by atoms with Gasteiger partial charge in [-0.2, -0.15) is 5.10 Å². The van der Waals surface area contributed by atoms with Crippen LogP contribution >= 0.6 is 0 Å². The molecule has 0 radical (unpaired) electrons. The van der Waals surface area contributed by atoms with E-state index in [0.29, 0.717) is 5.82 Å². The first-order valence-corrected chi connectivity index (χ1v) is 8.81. The molecule has 0 spiro atoms. The van der Waals surface area contributed by atoms with Crippen LogP contribution < -0.4 is 5.32 Å². The topological polar surface area (TPSA) is 79.6 Å². The molecule has 1 fully saturated rings. The average Bonchev–Trinajstić information content (AvgIpc) is 3.18. The van der Waals surface area contributed by atoms with Gasteiger partial charge >= 0.3 is 0 Å². The molecular formula is C19H19N5O. The molecule has 3 aromatic heterocycles. The van der Waals surface area contributed by atoms with Crippen LogP contribution in [0.25, 0.3) is 22.0 Å². The highest BCUT2D eigenvalue weighted by molar-refractivity contribution is 5.89. The largest absolute Gasteiger partial charge is 0.356 e. The van der Waals surface area contributed by atoms with E-state index in [2.05, 4.69) is 31.7 Å². The quantitative estimate of drug-likeness (QED) is 0.559. The van der Waals surface area contributed by atoms with Crippen LogP contribution in [0.15, 0.2) is 41.1 Å². The van der Waals surface area contributed by atoms with E-state index in [-0.39, 0.29) is 0 Å². The van der Waals surface area contributed by atoms with E-state index in [4.69, 9.17) is 4.52 Å². The molecule has 0 atom stereocenters. The fourth-order valence-electron chi connectivity index (χ4n) is 3.45. The van der Waals surface area contributed by atoms with Gasteiger partial charge in [0.2, 0.25) is 0 Å². The van der Waals surface area contributed by atoms with Gasteiger partial charge in [0.25, 0.3) is 0 Å². The standard InChI is InChI=1S/C19H19N5O/c1-3-12(4-1)6-9-15-14-8-7-13(11-17(14)25-24-15)21-19-18-16(22-23-19)5-2-10-20-18/h2,5,7-8,10-12H,1,3-4,6,9H2,(H2,21,22,23). The fraction of sp³-hybridized carbons (Fsp3) is 0.316. The summed E-state index contributed by atoms with van der Waals surface area (Å²) in [6, 6.07) is 9.92. The first kappa shape index (κ1) is 14.5. The summed E-state index contributed by atoms with van der Waals surface area (Å²) >= 11 is 0. The molecule has 0 saturated heterocycles. The molecule has 6 heteroatoms. The third-order valence-electron chi connectivity index (χ3n) is 5.14. The number of pyridine rings is 1. The molecule has 2 N–H and O–H groups in total. The highest BCUT2D eigenvalue weighted by Crippen LogP contribution is 2.32. The van der Waals surface area contributed by atoms with E-state index in [9.17, 15) is 0 Å². The van der Waals surface area contributed by atoms with Gasteiger partial charge in [-0.1, -0.05) is 24.4 Å². The summed E-state index contributed by atoms with van der Waals surface area (Å²) in [6.07, 6.45) is 8.10. The molecule has 6 nitrogen and oxygen atoms in total. The number of aryl methyl sites for hydroxylation is 1. The van der Waals surface area contributed by atoms with Gasteiger partial charge in [0.05, 0.1) is 11.2 Å². The average molecular weight is 333 g/mol. The number of nitrogens with one attached hydrogen (secondary N) is 2. The lowest BCUT2D eigenvalue weighted by atomic mass is 9.82. The molecule has 25 heavy (non-hydrogen) atoms. The predicted octanol–water partition coefficient (Wildman–Crippen LogP) is 4.58. The maximum absolute atomic E-state index is 5.55. The number of rotatable bonds is 5. The van der Waals surface area contributed by atoms with Crippen LogP contribution in [-0.2, 0) is 6.42 Å². The fourth-order valence-corrected chi connectivity index (χ4v) is 3.45. The van der Waals surface area contributed by atoms with Crippen molar-refractivity contribution in [2.75, 3.05) is 5.32 Å². The molecule has 126 valence electrons. The van der Waals surface area contributed by atoms with Crippen molar-refractivity contribution < 1.29 is 4.52 Å². The van der Waals surface area contributed by atoms with Gasteiger partial charge in [-0.05, 0) is 43.0 Å². The Balaban J connectivity index is 1.39. The molecule has 1 saturated carbocycles. The van der Waals surface area contributed by atoms with E-state index in [1.807, 2.05) is 24.3 Å². The Morgan fingerprint density at radius 1 is 1.24 bits per heavy atom. The zero-order chi connectivity index (χ0) is 16.6. The maximum atomic E-state index is 5.55. The van der Waals surface area contributed by atoms with Gasteiger partial charge in [-0.25, -0.2) is 0 Å². The number of hydrogen-bond donors (Lipinski definition) is 2. The Hall–Kier alpha value is -2.89. The minimum absolute atomic E-state index is 0.708. The molecule has 0 unspecified atom stereocenters. The normalized spacial score (nSPS) is 14.9. The smallest absolute Gasteiger partial charge is 0.178 e. The van der Waals surface area contributed by atoms with Gasteiger partial charge in [0.1, 0.15) is 5.52 Å². The zero-order valence-electron chi connectivity index (χ0n) is 13.8. The lowest BCUT2D eigenvalue weighted by Gasteiger charge is -2.24. The number of nitrogens with zero attached hydrogens (tertiary/aromatic N) is 3. The van der Waals surface area contributed by atoms with Crippen LogP contribution in [-0.4, -0.2) is 20.3 Å². The van der Waals surface area contributed by atoms with Crippen LogP contribution in [0.4, 0.5) is 11.5 Å². The zero-order valence-corrected chi connectivity index (χ0v) is 13.8. The molecule has 4 aromatic rings. The van der Waals surface area contributed by atoms with Crippen molar-refractivity contribution in [1.29, 1.82) is 0 Å². The summed E-state index contributed by atoms with van der Waals surface area (Å²) in [5.41, 5.74) is 4.51. The van der Waals surface area contributed by atoms with Crippen LogP contribution in [0.5, 0.6) is 0 Å². The Morgan fingerprint density at radius 3 is 3.08 bits per heavy atom. The van der Waals surface area contributed by atoms with Crippen molar-refractivity contribution in [3.8, 4) is 0 Å². The minimum atomic E-state index is 0.708. The Morgan fingerprint density at radius 2 is 2.20 bits per heavy atom. The summed E-state index contributed by atoms with van der Waals surface area (Å²) in [5.74, 6) is 1.59. The van der Waals surface area contributed by atoms with Crippen molar-refractivity contribution in [3.05, 3.63) is 42.2 Å². The van der Waals surface area contributed by atoms with Gasteiger partial charge in [0, 0.05) is 23.3 Å². The van der Waals surface area contributed by atoms with Gasteiger partial charge in [0.15, 0.2) is 11.4 Å². The van der Waals surface area contributed by atoms with Crippen molar-refractivity contribution >= 4 is 33.5 Å². The highest BCUT2D eigenvalue weighted by atomic mass is 16.5. The second-order valence-electron chi connectivity index (χ2n) is 6.77. The van der Waals surface area contributed by atoms with Crippen molar-refractivity contribution in [1.82, 2.24) is 20.3 Å². The van der Waals surface area contributed by atoms with Crippen LogP contribution in [0, 0.1) is 5.92 Å². The maximum Gasteiger partial charge on any atom is 0.178 e. The molecule has 3 heterocycles. The molecule has 0 bridgehead atoms.